The molecule has 0 spiro atoms. The number of carbonyl (C=O) groups excluding carboxylic acids is 1. The van der Waals surface area contributed by atoms with Crippen molar-refractivity contribution in [2.24, 2.45) is 5.92 Å². The number of aromatic nitrogens is 2. The highest BCUT2D eigenvalue weighted by Gasteiger charge is 2.32. The lowest BCUT2D eigenvalue weighted by Gasteiger charge is -2.16. The zero-order valence-electron chi connectivity index (χ0n) is 17.7. The zero-order chi connectivity index (χ0) is 22.2. The minimum Gasteiger partial charge on any atom is -0.454 e. The lowest BCUT2D eigenvalue weighted by molar-refractivity contribution is -0.122. The highest BCUT2D eigenvalue weighted by atomic mass is 32.2. The first-order valence-electron chi connectivity index (χ1n) is 10.4. The Bertz CT molecular complexity index is 1320. The van der Waals surface area contributed by atoms with Crippen LogP contribution in [-0.2, 0) is 4.79 Å². The summed E-state index contributed by atoms with van der Waals surface area (Å²) in [7, 11) is 0. The van der Waals surface area contributed by atoms with E-state index in [2.05, 4.69) is 13.8 Å². The van der Waals surface area contributed by atoms with Gasteiger partial charge >= 0.3 is 0 Å². The van der Waals surface area contributed by atoms with E-state index in [1.165, 1.54) is 11.8 Å². The summed E-state index contributed by atoms with van der Waals surface area (Å²) in [5, 5.41) is 5.82. The van der Waals surface area contributed by atoms with Gasteiger partial charge in [-0.2, -0.15) is 5.10 Å². The Balaban J connectivity index is 1.61. The summed E-state index contributed by atoms with van der Waals surface area (Å²) in [6.45, 7) is 4.76. The van der Waals surface area contributed by atoms with Crippen LogP contribution in [0.4, 0.5) is 0 Å². The van der Waals surface area contributed by atoms with Crippen molar-refractivity contribution < 1.29 is 9.21 Å². The molecule has 0 N–H and O–H groups in total. The summed E-state index contributed by atoms with van der Waals surface area (Å²) >= 11 is 6.80. The molecule has 0 radical (unpaired) electrons. The summed E-state index contributed by atoms with van der Waals surface area (Å²) in [4.78, 5) is 15.3. The van der Waals surface area contributed by atoms with Crippen LogP contribution in [0, 0.1) is 5.92 Å². The molecule has 7 heteroatoms. The Labute approximate surface area is 195 Å². The van der Waals surface area contributed by atoms with Gasteiger partial charge in [0.05, 0.1) is 10.6 Å². The molecule has 0 aliphatic carbocycles. The molecule has 0 saturated carbocycles. The van der Waals surface area contributed by atoms with Gasteiger partial charge in [0.1, 0.15) is 15.6 Å². The number of benzene rings is 2. The Morgan fingerprint density at radius 1 is 1.12 bits per heavy atom. The maximum absolute atomic E-state index is 13.0. The molecule has 5 nitrogen and oxygen atoms in total. The molecule has 1 aliphatic rings. The number of hydrogen-bond acceptors (Lipinski definition) is 5. The predicted octanol–water partition coefficient (Wildman–Crippen LogP) is 6.14. The number of amides is 1. The van der Waals surface area contributed by atoms with Gasteiger partial charge < -0.3 is 4.42 Å². The van der Waals surface area contributed by atoms with Gasteiger partial charge in [-0.15, -0.1) is 0 Å². The van der Waals surface area contributed by atoms with Crippen molar-refractivity contribution in [1.29, 1.82) is 0 Å². The van der Waals surface area contributed by atoms with Gasteiger partial charge in [0.25, 0.3) is 5.91 Å². The van der Waals surface area contributed by atoms with Crippen LogP contribution in [0.15, 0.2) is 76.2 Å². The third kappa shape index (κ3) is 3.89. The summed E-state index contributed by atoms with van der Waals surface area (Å²) in [6.07, 6.45) is 3.79. The van der Waals surface area contributed by atoms with Gasteiger partial charge in [-0.1, -0.05) is 74.2 Å². The molecule has 0 atom stereocenters. The first kappa shape index (κ1) is 20.7. The number of rotatable bonds is 5. The Hall–Kier alpha value is -3.16. The first-order valence-corrected chi connectivity index (χ1v) is 11.6. The largest absolute Gasteiger partial charge is 0.454 e. The van der Waals surface area contributed by atoms with Crippen molar-refractivity contribution >= 4 is 51.3 Å². The molecule has 1 fully saturated rings. The third-order valence-corrected chi connectivity index (χ3v) is 6.51. The fourth-order valence-electron chi connectivity index (χ4n) is 3.66. The summed E-state index contributed by atoms with van der Waals surface area (Å²) in [5.74, 6) is 0.935. The van der Waals surface area contributed by atoms with Gasteiger partial charge in [-0.05, 0) is 36.3 Å². The van der Waals surface area contributed by atoms with E-state index < -0.39 is 0 Å². The quantitative estimate of drug-likeness (QED) is 0.265. The molecule has 2 aromatic carbocycles. The lowest BCUT2D eigenvalue weighted by atomic mass is 10.1. The van der Waals surface area contributed by atoms with Gasteiger partial charge in [0.2, 0.25) is 0 Å². The van der Waals surface area contributed by atoms with E-state index in [1.807, 2.05) is 77.6 Å². The Morgan fingerprint density at radius 3 is 2.62 bits per heavy atom. The number of para-hydroxylation sites is 2. The fraction of sp³-hybridized carbons (Fsp3) is 0.160. The molecule has 5 rings (SSSR count). The van der Waals surface area contributed by atoms with Gasteiger partial charge in [0, 0.05) is 23.7 Å². The molecular formula is C25H21N3O2S2. The van der Waals surface area contributed by atoms with Crippen molar-refractivity contribution in [2.75, 3.05) is 6.54 Å². The second kappa shape index (κ2) is 8.41. The first-order chi connectivity index (χ1) is 15.5. The number of thiocarbonyl (C=S) groups is 1. The number of thioether (sulfide) groups is 1. The van der Waals surface area contributed by atoms with Crippen LogP contribution in [0.25, 0.3) is 34.2 Å². The predicted molar refractivity (Wildman–Crippen MR) is 133 cm³/mol. The van der Waals surface area contributed by atoms with Crippen molar-refractivity contribution in [3.05, 3.63) is 77.3 Å². The molecule has 0 unspecified atom stereocenters. The molecule has 1 saturated heterocycles. The van der Waals surface area contributed by atoms with Crippen molar-refractivity contribution in [1.82, 2.24) is 14.7 Å². The summed E-state index contributed by atoms with van der Waals surface area (Å²) in [6, 6.07) is 19.7. The molecule has 2 aromatic heterocycles. The number of hydrogen-bond donors (Lipinski definition) is 0. The van der Waals surface area contributed by atoms with Crippen LogP contribution < -0.4 is 0 Å². The number of nitrogens with zero attached hydrogens (tertiary/aromatic N) is 3. The van der Waals surface area contributed by atoms with Crippen molar-refractivity contribution in [2.45, 2.75) is 13.8 Å². The van der Waals surface area contributed by atoms with E-state index in [4.69, 9.17) is 21.7 Å². The average Bonchev–Trinajstić information content (AvgIpc) is 3.46. The van der Waals surface area contributed by atoms with Gasteiger partial charge in [0.15, 0.2) is 5.76 Å². The topological polar surface area (TPSA) is 51.3 Å². The molecule has 0 bridgehead atoms. The van der Waals surface area contributed by atoms with Crippen LogP contribution >= 0.6 is 24.0 Å². The van der Waals surface area contributed by atoms with E-state index >= 15 is 0 Å². The standard InChI is InChI=1S/C25H21N3O2S2/c1-16(2)14-27-24(29)22(32-25(27)31)13-18-15-28(19-9-4-3-5-10-19)26-23(18)21-12-17-8-6-7-11-20(17)30-21/h3-13,15-16H,14H2,1-2H3/b22-13-. The SMILES string of the molecule is CC(C)CN1C(=O)/C(=C/c2cn(-c3ccccc3)nc2-c2cc3ccccc3o2)SC1=S. The van der Waals surface area contributed by atoms with Crippen LogP contribution in [0.5, 0.6) is 0 Å². The molecular weight excluding hydrogens is 438 g/mol. The van der Waals surface area contributed by atoms with Crippen LogP contribution in [0.3, 0.4) is 0 Å². The molecule has 1 amide bonds. The number of fused-ring (bicyclic) bond motifs is 1. The molecule has 1 aliphatic heterocycles. The Kier molecular flexibility index (Phi) is 5.45. The van der Waals surface area contributed by atoms with Crippen molar-refractivity contribution in [3.63, 3.8) is 0 Å². The van der Waals surface area contributed by atoms with Crippen molar-refractivity contribution in [3.8, 4) is 17.1 Å². The second-order valence-electron chi connectivity index (χ2n) is 8.05. The van der Waals surface area contributed by atoms with E-state index in [0.29, 0.717) is 33.1 Å². The number of furan rings is 1. The highest BCUT2D eigenvalue weighted by Crippen LogP contribution is 2.36. The van der Waals surface area contributed by atoms with E-state index in [-0.39, 0.29) is 5.91 Å². The minimum absolute atomic E-state index is 0.0586. The average molecular weight is 460 g/mol. The summed E-state index contributed by atoms with van der Waals surface area (Å²) < 4.78 is 8.50. The fourth-order valence-corrected chi connectivity index (χ4v) is 4.93. The lowest BCUT2D eigenvalue weighted by Crippen LogP contribution is -2.31. The monoisotopic (exact) mass is 459 g/mol. The normalized spacial score (nSPS) is 15.6. The molecule has 4 aromatic rings. The number of carbonyl (C=O) groups is 1. The smallest absolute Gasteiger partial charge is 0.266 e. The van der Waals surface area contributed by atoms with Crippen LogP contribution in [-0.4, -0.2) is 31.5 Å². The highest BCUT2D eigenvalue weighted by molar-refractivity contribution is 8.26. The Morgan fingerprint density at radius 2 is 1.88 bits per heavy atom. The minimum atomic E-state index is -0.0586. The van der Waals surface area contributed by atoms with E-state index in [9.17, 15) is 4.79 Å². The van der Waals surface area contributed by atoms with Gasteiger partial charge in [-0.25, -0.2) is 4.68 Å². The molecule has 3 heterocycles. The third-order valence-electron chi connectivity index (χ3n) is 5.13. The molecule has 160 valence electrons. The van der Waals surface area contributed by atoms with E-state index in [1.54, 1.807) is 4.90 Å². The van der Waals surface area contributed by atoms with Gasteiger partial charge in [-0.3, -0.25) is 9.69 Å². The summed E-state index contributed by atoms with van der Waals surface area (Å²) in [5.41, 5.74) is 3.21. The second-order valence-corrected chi connectivity index (χ2v) is 9.72. The van der Waals surface area contributed by atoms with E-state index in [0.717, 1.165) is 22.2 Å². The maximum atomic E-state index is 13.0. The maximum Gasteiger partial charge on any atom is 0.266 e. The zero-order valence-corrected chi connectivity index (χ0v) is 19.3. The molecule has 32 heavy (non-hydrogen) atoms. The van der Waals surface area contributed by atoms with Crippen LogP contribution in [0.2, 0.25) is 0 Å². The van der Waals surface area contributed by atoms with Crippen LogP contribution in [0.1, 0.15) is 19.4 Å².